The van der Waals surface area contributed by atoms with E-state index in [2.05, 4.69) is 35.7 Å². The third-order valence-electron chi connectivity index (χ3n) is 4.57. The Balaban J connectivity index is 2.49. The highest BCUT2D eigenvalue weighted by molar-refractivity contribution is 4.91. The van der Waals surface area contributed by atoms with Crippen molar-refractivity contribution in [3.8, 4) is 0 Å². The van der Waals surface area contributed by atoms with E-state index in [-0.39, 0.29) is 11.8 Å². The molecule has 0 aliphatic carbocycles. The lowest BCUT2D eigenvalue weighted by atomic mass is 9.94. The Kier molecular flexibility index (Phi) is 8.08. The Hall–Kier alpha value is -0.240. The molecule has 1 unspecified atom stereocenters. The van der Waals surface area contributed by atoms with Gasteiger partial charge in [0.05, 0.1) is 0 Å². The van der Waals surface area contributed by atoms with Crippen LogP contribution in [0.2, 0.25) is 0 Å². The summed E-state index contributed by atoms with van der Waals surface area (Å²) in [7, 11) is 7.61. The van der Waals surface area contributed by atoms with Gasteiger partial charge in [-0.2, -0.15) is 0 Å². The Labute approximate surface area is 130 Å². The molecular weight excluding hydrogens is 268 g/mol. The number of ether oxygens (including phenoxy) is 2. The van der Waals surface area contributed by atoms with Crippen LogP contribution in [-0.2, 0) is 9.47 Å². The number of hydrogen-bond acceptors (Lipinski definition) is 6. The molecule has 1 rings (SSSR count). The van der Waals surface area contributed by atoms with E-state index in [4.69, 9.17) is 15.2 Å². The van der Waals surface area contributed by atoms with Gasteiger partial charge in [-0.05, 0) is 21.0 Å². The molecule has 2 N–H and O–H groups in total. The molecule has 0 aromatic rings. The first kappa shape index (κ1) is 18.8. The highest BCUT2D eigenvalue weighted by Gasteiger charge is 2.35. The van der Waals surface area contributed by atoms with Crippen LogP contribution in [0.15, 0.2) is 0 Å². The van der Waals surface area contributed by atoms with Gasteiger partial charge in [0.2, 0.25) is 0 Å². The molecule has 1 fully saturated rings. The minimum atomic E-state index is -0.190. The normalized spacial score (nSPS) is 21.1. The van der Waals surface area contributed by atoms with Crippen LogP contribution in [0.3, 0.4) is 0 Å². The maximum atomic E-state index is 6.06. The summed E-state index contributed by atoms with van der Waals surface area (Å²) in [6.45, 7) is 9.41. The molecular formula is C15H34N4O2. The molecule has 0 radical (unpaired) electrons. The molecule has 0 bridgehead atoms. The third-order valence-corrected chi connectivity index (χ3v) is 4.57. The van der Waals surface area contributed by atoms with Crippen molar-refractivity contribution in [1.29, 1.82) is 0 Å². The van der Waals surface area contributed by atoms with Gasteiger partial charge in [-0.3, -0.25) is 9.80 Å². The van der Waals surface area contributed by atoms with Crippen LogP contribution in [0.1, 0.15) is 13.3 Å². The Morgan fingerprint density at radius 2 is 1.71 bits per heavy atom. The number of nitrogens with zero attached hydrogens (tertiary/aromatic N) is 3. The first-order valence-electron chi connectivity index (χ1n) is 7.83. The van der Waals surface area contributed by atoms with Crippen molar-refractivity contribution in [2.45, 2.75) is 25.2 Å². The quantitative estimate of drug-likeness (QED) is 0.600. The van der Waals surface area contributed by atoms with Gasteiger partial charge in [0.1, 0.15) is 0 Å². The Bertz CT molecular complexity index is 279. The van der Waals surface area contributed by atoms with Crippen LogP contribution in [0.4, 0.5) is 0 Å². The number of nitrogens with two attached hydrogens (primary N) is 1. The second-order valence-electron chi connectivity index (χ2n) is 6.44. The van der Waals surface area contributed by atoms with Crippen LogP contribution in [-0.4, -0.2) is 101 Å². The van der Waals surface area contributed by atoms with Crippen LogP contribution in [0.5, 0.6) is 0 Å². The Morgan fingerprint density at radius 1 is 1.14 bits per heavy atom. The first-order chi connectivity index (χ1) is 9.95. The number of methoxy groups -OCH3 is 2. The first-order valence-corrected chi connectivity index (χ1v) is 7.83. The lowest BCUT2D eigenvalue weighted by Gasteiger charge is -2.46. The zero-order chi connectivity index (χ0) is 15.9. The zero-order valence-corrected chi connectivity index (χ0v) is 14.5. The number of hydrogen-bond donors (Lipinski definition) is 1. The van der Waals surface area contributed by atoms with Gasteiger partial charge in [-0.25, -0.2) is 0 Å². The van der Waals surface area contributed by atoms with E-state index in [1.54, 1.807) is 14.2 Å². The summed E-state index contributed by atoms with van der Waals surface area (Å²) in [6, 6.07) is 0. The van der Waals surface area contributed by atoms with Crippen molar-refractivity contribution in [2.75, 3.05) is 74.1 Å². The summed E-state index contributed by atoms with van der Waals surface area (Å²) in [5, 5.41) is 0. The van der Waals surface area contributed by atoms with Crippen LogP contribution in [0, 0.1) is 0 Å². The minimum absolute atomic E-state index is 0.0652. The second kappa shape index (κ2) is 9.02. The summed E-state index contributed by atoms with van der Waals surface area (Å²) < 4.78 is 10.7. The molecule has 0 saturated carbocycles. The fourth-order valence-electron chi connectivity index (χ4n) is 2.82. The predicted octanol–water partition coefficient (Wildman–Crippen LogP) is -0.108. The van der Waals surface area contributed by atoms with Crippen LogP contribution < -0.4 is 5.73 Å². The summed E-state index contributed by atoms with van der Waals surface area (Å²) in [5.41, 5.74) is 5.99. The average molecular weight is 302 g/mol. The van der Waals surface area contributed by atoms with Gasteiger partial charge in [0.15, 0.2) is 6.29 Å². The van der Waals surface area contributed by atoms with Gasteiger partial charge in [-0.15, -0.1) is 0 Å². The topological polar surface area (TPSA) is 54.2 Å². The summed E-state index contributed by atoms with van der Waals surface area (Å²) in [5.74, 6) is 0. The van der Waals surface area contributed by atoms with Gasteiger partial charge in [-0.1, -0.05) is 0 Å². The van der Waals surface area contributed by atoms with Crippen LogP contribution in [0.25, 0.3) is 0 Å². The maximum Gasteiger partial charge on any atom is 0.158 e. The SMILES string of the molecule is COC(CC(C)(CN)N1CCN(CCN(C)C)CC1)OC. The molecule has 0 spiro atoms. The fraction of sp³-hybridized carbons (Fsp3) is 1.00. The molecule has 1 aliphatic heterocycles. The van der Waals surface area contributed by atoms with E-state index in [0.717, 1.165) is 45.7 Å². The summed E-state index contributed by atoms with van der Waals surface area (Å²) in [6.07, 6.45) is 0.610. The van der Waals surface area contributed by atoms with Crippen molar-refractivity contribution in [1.82, 2.24) is 14.7 Å². The third kappa shape index (κ3) is 5.81. The molecule has 1 aliphatic rings. The van der Waals surface area contributed by atoms with E-state index >= 15 is 0 Å². The lowest BCUT2D eigenvalue weighted by molar-refractivity contribution is -0.131. The largest absolute Gasteiger partial charge is 0.356 e. The standard InChI is InChI=1S/C15H34N4O2/c1-15(13-16,12-14(20-4)21-5)19-10-8-18(9-11-19)7-6-17(2)3/h14H,6-13,16H2,1-5H3. The highest BCUT2D eigenvalue weighted by atomic mass is 16.7. The van der Waals surface area contributed by atoms with Crippen molar-refractivity contribution >= 4 is 0 Å². The molecule has 1 heterocycles. The number of rotatable bonds is 9. The van der Waals surface area contributed by atoms with Crippen molar-refractivity contribution in [2.24, 2.45) is 5.73 Å². The van der Waals surface area contributed by atoms with Crippen molar-refractivity contribution < 1.29 is 9.47 Å². The molecule has 0 amide bonds. The molecule has 1 saturated heterocycles. The van der Waals surface area contributed by atoms with Crippen molar-refractivity contribution in [3.05, 3.63) is 0 Å². The van der Waals surface area contributed by atoms with Gasteiger partial charge in [0, 0.05) is 72.0 Å². The van der Waals surface area contributed by atoms with Gasteiger partial charge < -0.3 is 20.1 Å². The van der Waals surface area contributed by atoms with Gasteiger partial charge >= 0.3 is 0 Å². The monoisotopic (exact) mass is 302 g/mol. The van der Waals surface area contributed by atoms with E-state index in [0.29, 0.717) is 6.54 Å². The smallest absolute Gasteiger partial charge is 0.158 e. The van der Waals surface area contributed by atoms with E-state index in [1.165, 1.54) is 0 Å². The molecule has 6 nitrogen and oxygen atoms in total. The Morgan fingerprint density at radius 3 is 2.14 bits per heavy atom. The predicted molar refractivity (Wildman–Crippen MR) is 86.4 cm³/mol. The molecule has 0 aromatic heterocycles. The van der Waals surface area contributed by atoms with Crippen molar-refractivity contribution in [3.63, 3.8) is 0 Å². The molecule has 0 aromatic carbocycles. The fourth-order valence-corrected chi connectivity index (χ4v) is 2.82. The maximum absolute atomic E-state index is 6.06. The number of likely N-dealkylation sites (N-methyl/N-ethyl adjacent to an activating group) is 1. The number of piperazine rings is 1. The summed E-state index contributed by atoms with van der Waals surface area (Å²) in [4.78, 5) is 7.25. The lowest BCUT2D eigenvalue weighted by Crippen LogP contribution is -2.60. The molecule has 21 heavy (non-hydrogen) atoms. The molecule has 1 atom stereocenters. The molecule has 6 heteroatoms. The van der Waals surface area contributed by atoms with Gasteiger partial charge in [0.25, 0.3) is 0 Å². The molecule has 126 valence electrons. The van der Waals surface area contributed by atoms with E-state index in [9.17, 15) is 0 Å². The van der Waals surface area contributed by atoms with Crippen LogP contribution >= 0.6 is 0 Å². The van der Waals surface area contributed by atoms with E-state index < -0.39 is 0 Å². The summed E-state index contributed by atoms with van der Waals surface area (Å²) >= 11 is 0. The van der Waals surface area contributed by atoms with E-state index in [1.807, 2.05) is 0 Å². The average Bonchev–Trinajstić information content (AvgIpc) is 2.50. The highest BCUT2D eigenvalue weighted by Crippen LogP contribution is 2.23. The minimum Gasteiger partial charge on any atom is -0.356 e. The zero-order valence-electron chi connectivity index (χ0n) is 14.5. The second-order valence-corrected chi connectivity index (χ2v) is 6.44.